The minimum Gasteiger partial charge on any atom is -0.487 e. The van der Waals surface area contributed by atoms with E-state index in [1.54, 1.807) is 15.6 Å². The van der Waals surface area contributed by atoms with Crippen LogP contribution in [0.25, 0.3) is 22.6 Å². The number of hydrogen-bond acceptors (Lipinski definition) is 5. The van der Waals surface area contributed by atoms with Crippen molar-refractivity contribution in [1.82, 2.24) is 24.8 Å². The molecule has 0 unspecified atom stereocenters. The van der Waals surface area contributed by atoms with E-state index in [4.69, 9.17) is 4.74 Å². The Balaban J connectivity index is 1.29. The lowest BCUT2D eigenvalue weighted by Gasteiger charge is -2.05. The molecule has 0 aliphatic rings. The summed E-state index contributed by atoms with van der Waals surface area (Å²) in [5, 5.41) is 12.9. The van der Waals surface area contributed by atoms with E-state index < -0.39 is 0 Å². The molecule has 2 heterocycles. The van der Waals surface area contributed by atoms with Crippen molar-refractivity contribution in [3.8, 4) is 28.4 Å². The lowest BCUT2D eigenvalue weighted by atomic mass is 10.1. The molecule has 0 saturated carbocycles. The van der Waals surface area contributed by atoms with Crippen molar-refractivity contribution < 1.29 is 9.53 Å². The summed E-state index contributed by atoms with van der Waals surface area (Å²) in [5.41, 5.74) is 4.55. The number of carbonyl (C=O) groups excluding carboxylic acids is 1. The van der Waals surface area contributed by atoms with Gasteiger partial charge in [0, 0.05) is 11.8 Å². The summed E-state index contributed by atoms with van der Waals surface area (Å²) >= 11 is 0. The second-order valence-corrected chi connectivity index (χ2v) is 7.13. The van der Waals surface area contributed by atoms with E-state index in [-0.39, 0.29) is 0 Å². The molecule has 0 saturated heterocycles. The summed E-state index contributed by atoms with van der Waals surface area (Å²) in [6.07, 6.45) is 4.40. The predicted molar refractivity (Wildman–Crippen MR) is 120 cm³/mol. The lowest BCUT2D eigenvalue weighted by Crippen LogP contribution is -1.96. The zero-order valence-corrected chi connectivity index (χ0v) is 17.1. The fourth-order valence-electron chi connectivity index (χ4n) is 3.35. The number of hydrogen-bond donors (Lipinski definition) is 0. The minimum absolute atomic E-state index is 0.300. The van der Waals surface area contributed by atoms with Crippen molar-refractivity contribution in [1.29, 1.82) is 0 Å². The molecule has 0 amide bonds. The molecule has 2 aromatic heterocycles. The average Bonchev–Trinajstić information content (AvgIpc) is 3.52. The van der Waals surface area contributed by atoms with E-state index in [0.717, 1.165) is 28.9 Å². The third kappa shape index (κ3) is 4.04. The Hall–Kier alpha value is -4.52. The number of aromatic nitrogens is 5. The van der Waals surface area contributed by atoms with Gasteiger partial charge in [-0.25, -0.2) is 9.36 Å². The zero-order valence-electron chi connectivity index (χ0n) is 17.1. The maximum atomic E-state index is 11.6. The molecule has 32 heavy (non-hydrogen) atoms. The number of ether oxygens (including phenoxy) is 1. The van der Waals surface area contributed by atoms with Gasteiger partial charge < -0.3 is 4.74 Å². The molecule has 0 spiro atoms. The topological polar surface area (TPSA) is 74.8 Å². The molecular formula is C25H19N5O2. The van der Waals surface area contributed by atoms with Gasteiger partial charge in [0.25, 0.3) is 0 Å². The first-order valence-electron chi connectivity index (χ1n) is 10.1. The van der Waals surface area contributed by atoms with E-state index in [2.05, 4.69) is 15.4 Å². The van der Waals surface area contributed by atoms with E-state index in [1.807, 2.05) is 91.1 Å². The molecule has 0 N–H and O–H groups in total. The summed E-state index contributed by atoms with van der Waals surface area (Å²) < 4.78 is 9.27. The molecule has 7 heteroatoms. The van der Waals surface area contributed by atoms with Crippen LogP contribution >= 0.6 is 0 Å². The van der Waals surface area contributed by atoms with Gasteiger partial charge in [-0.3, -0.25) is 4.79 Å². The van der Waals surface area contributed by atoms with Crippen molar-refractivity contribution in [2.45, 2.75) is 6.61 Å². The summed E-state index contributed by atoms with van der Waals surface area (Å²) in [6.45, 7) is 0.300. The van der Waals surface area contributed by atoms with Gasteiger partial charge in [-0.2, -0.15) is 5.10 Å². The quantitative estimate of drug-likeness (QED) is 0.362. The Kier molecular flexibility index (Phi) is 5.28. The first kappa shape index (κ1) is 19.4. The Morgan fingerprint density at radius 3 is 2.09 bits per heavy atom. The van der Waals surface area contributed by atoms with Crippen molar-refractivity contribution in [2.24, 2.45) is 0 Å². The van der Waals surface area contributed by atoms with Crippen LogP contribution in [-0.4, -0.2) is 31.1 Å². The highest BCUT2D eigenvalue weighted by Gasteiger charge is 2.12. The molecule has 5 aromatic rings. The Morgan fingerprint density at radius 2 is 1.44 bits per heavy atom. The third-order valence-corrected chi connectivity index (χ3v) is 4.97. The van der Waals surface area contributed by atoms with E-state index in [0.29, 0.717) is 23.6 Å². The van der Waals surface area contributed by atoms with Gasteiger partial charge in [-0.1, -0.05) is 41.6 Å². The fourth-order valence-corrected chi connectivity index (χ4v) is 3.35. The van der Waals surface area contributed by atoms with Gasteiger partial charge in [0.1, 0.15) is 23.7 Å². The molecule has 0 radical (unpaired) electrons. The number of benzene rings is 3. The molecular weight excluding hydrogens is 402 g/mol. The second-order valence-electron chi connectivity index (χ2n) is 7.13. The highest BCUT2D eigenvalue weighted by atomic mass is 16.5. The van der Waals surface area contributed by atoms with Crippen LogP contribution in [-0.2, 0) is 6.61 Å². The van der Waals surface area contributed by atoms with Crippen LogP contribution in [0.2, 0.25) is 0 Å². The average molecular weight is 421 g/mol. The van der Waals surface area contributed by atoms with E-state index >= 15 is 0 Å². The van der Waals surface area contributed by atoms with Crippen molar-refractivity contribution in [3.63, 3.8) is 0 Å². The van der Waals surface area contributed by atoms with Crippen LogP contribution in [0.1, 0.15) is 16.1 Å². The van der Waals surface area contributed by atoms with Crippen molar-refractivity contribution in [3.05, 3.63) is 109 Å². The van der Waals surface area contributed by atoms with Crippen LogP contribution < -0.4 is 4.74 Å². The second kappa shape index (κ2) is 8.69. The monoisotopic (exact) mass is 421 g/mol. The zero-order chi connectivity index (χ0) is 21.8. The molecule has 5 rings (SSSR count). The van der Waals surface area contributed by atoms with Gasteiger partial charge in [0.15, 0.2) is 6.29 Å². The van der Waals surface area contributed by atoms with Crippen LogP contribution in [0.4, 0.5) is 0 Å². The smallest absolute Gasteiger partial charge is 0.153 e. The molecule has 0 aliphatic carbocycles. The maximum Gasteiger partial charge on any atom is 0.153 e. The number of para-hydroxylation sites is 2. The number of nitrogens with zero attached hydrogens (tertiary/aromatic N) is 5. The highest BCUT2D eigenvalue weighted by molar-refractivity contribution is 5.85. The Morgan fingerprint density at radius 1 is 0.781 bits per heavy atom. The standard InChI is InChI=1S/C25H19N5O2/c31-17-20-15-29(22-7-3-1-4-8-22)27-25(20)19-11-13-24(14-12-19)32-18-21-16-30(28-26-21)23-9-5-2-6-10-23/h1-17H,18H2. The normalized spacial score (nSPS) is 10.8. The molecule has 0 aliphatic heterocycles. The highest BCUT2D eigenvalue weighted by Crippen LogP contribution is 2.25. The van der Waals surface area contributed by atoms with Gasteiger partial charge in [0.2, 0.25) is 0 Å². The van der Waals surface area contributed by atoms with Crippen LogP contribution in [0.3, 0.4) is 0 Å². The van der Waals surface area contributed by atoms with E-state index in [1.165, 1.54) is 0 Å². The summed E-state index contributed by atoms with van der Waals surface area (Å²) in [5.74, 6) is 0.693. The summed E-state index contributed by atoms with van der Waals surface area (Å²) in [6, 6.07) is 27.0. The third-order valence-electron chi connectivity index (χ3n) is 4.97. The van der Waals surface area contributed by atoms with Gasteiger partial charge in [-0.05, 0) is 48.5 Å². The van der Waals surface area contributed by atoms with Gasteiger partial charge in [-0.15, -0.1) is 5.10 Å². The lowest BCUT2D eigenvalue weighted by molar-refractivity contribution is 0.112. The SMILES string of the molecule is O=Cc1cn(-c2ccccc2)nc1-c1ccc(OCc2cn(-c3ccccc3)nn2)cc1. The molecule has 3 aromatic carbocycles. The summed E-state index contributed by atoms with van der Waals surface area (Å²) in [7, 11) is 0. The molecule has 0 fully saturated rings. The van der Waals surface area contributed by atoms with E-state index in [9.17, 15) is 4.79 Å². The molecule has 156 valence electrons. The first-order valence-corrected chi connectivity index (χ1v) is 10.1. The van der Waals surface area contributed by atoms with Crippen LogP contribution in [0.5, 0.6) is 5.75 Å². The molecule has 0 bridgehead atoms. The summed E-state index contributed by atoms with van der Waals surface area (Å²) in [4.78, 5) is 11.6. The Labute approximate surface area is 184 Å². The van der Waals surface area contributed by atoms with Crippen molar-refractivity contribution >= 4 is 6.29 Å². The molecule has 7 nitrogen and oxygen atoms in total. The fraction of sp³-hybridized carbons (Fsp3) is 0.0400. The number of aldehydes is 1. The van der Waals surface area contributed by atoms with Crippen molar-refractivity contribution in [2.75, 3.05) is 0 Å². The van der Waals surface area contributed by atoms with Gasteiger partial charge >= 0.3 is 0 Å². The maximum absolute atomic E-state index is 11.6. The Bertz CT molecular complexity index is 1330. The minimum atomic E-state index is 0.300. The predicted octanol–water partition coefficient (Wildman–Crippen LogP) is 4.51. The number of rotatable bonds is 7. The molecule has 0 atom stereocenters. The first-order chi connectivity index (χ1) is 15.8. The van der Waals surface area contributed by atoms with Crippen LogP contribution in [0, 0.1) is 0 Å². The number of carbonyl (C=O) groups is 1. The van der Waals surface area contributed by atoms with Crippen LogP contribution in [0.15, 0.2) is 97.3 Å². The largest absolute Gasteiger partial charge is 0.487 e. The van der Waals surface area contributed by atoms with Gasteiger partial charge in [0.05, 0.1) is 23.1 Å².